The summed E-state index contributed by atoms with van der Waals surface area (Å²) in [7, 11) is -3.88. The second-order valence-corrected chi connectivity index (χ2v) is 10.9. The molecule has 2 aromatic rings. The minimum Gasteiger partial charge on any atom is -0.478 e. The molecule has 1 aliphatic rings. The Bertz CT molecular complexity index is 1190. The summed E-state index contributed by atoms with van der Waals surface area (Å²) in [4.78, 5) is 26.7. The third-order valence-corrected chi connectivity index (χ3v) is 6.94. The number of pyridine rings is 1. The average Bonchev–Trinajstić information content (AvgIpc) is 2.79. The Morgan fingerprint density at radius 1 is 1.14 bits per heavy atom. The fourth-order valence-corrected chi connectivity index (χ4v) is 4.65. The highest BCUT2D eigenvalue weighted by atomic mass is 32.2. The van der Waals surface area contributed by atoms with Gasteiger partial charge in [0, 0.05) is 19.3 Å². The van der Waals surface area contributed by atoms with Crippen LogP contribution in [0.1, 0.15) is 49.5 Å². The van der Waals surface area contributed by atoms with Gasteiger partial charge < -0.3 is 15.1 Å². The monoisotopic (exact) mass is 545 g/mol. The number of alkyl halides is 3. The number of carboxylic acids is 2. The van der Waals surface area contributed by atoms with Gasteiger partial charge in [-0.1, -0.05) is 32.9 Å². The zero-order valence-corrected chi connectivity index (χ0v) is 21.4. The number of piperidine rings is 1. The highest BCUT2D eigenvalue weighted by Gasteiger charge is 2.38. The summed E-state index contributed by atoms with van der Waals surface area (Å²) in [6, 6.07) is 8.13. The van der Waals surface area contributed by atoms with Gasteiger partial charge in [0.05, 0.1) is 16.1 Å². The van der Waals surface area contributed by atoms with Gasteiger partial charge in [0.2, 0.25) is 0 Å². The lowest BCUT2D eigenvalue weighted by Gasteiger charge is -2.32. The van der Waals surface area contributed by atoms with Crippen LogP contribution >= 0.6 is 0 Å². The van der Waals surface area contributed by atoms with Gasteiger partial charge in [-0.15, -0.1) is 0 Å². The van der Waals surface area contributed by atoms with Crippen LogP contribution in [0.3, 0.4) is 0 Å². The van der Waals surface area contributed by atoms with Crippen molar-refractivity contribution in [1.82, 2.24) is 4.98 Å². The first-order valence-electron chi connectivity index (χ1n) is 11.5. The summed E-state index contributed by atoms with van der Waals surface area (Å²) < 4.78 is 60.3. The van der Waals surface area contributed by atoms with Crippen LogP contribution in [0.25, 0.3) is 0 Å². The number of benzene rings is 1. The largest absolute Gasteiger partial charge is 0.490 e. The molecule has 0 atom stereocenters. The molecule has 204 valence electrons. The highest BCUT2D eigenvalue weighted by molar-refractivity contribution is 7.92. The zero-order valence-electron chi connectivity index (χ0n) is 20.6. The molecule has 37 heavy (non-hydrogen) atoms. The topological polar surface area (TPSA) is 137 Å². The lowest BCUT2D eigenvalue weighted by molar-refractivity contribution is -0.192. The van der Waals surface area contributed by atoms with E-state index in [-0.39, 0.29) is 16.1 Å². The predicted molar refractivity (Wildman–Crippen MR) is 131 cm³/mol. The zero-order chi connectivity index (χ0) is 28.0. The summed E-state index contributed by atoms with van der Waals surface area (Å²) in [5.74, 6) is -2.37. The maximum atomic E-state index is 13.0. The summed E-state index contributed by atoms with van der Waals surface area (Å²) in [6.07, 6.45) is -0.984. The van der Waals surface area contributed by atoms with Crippen LogP contribution in [-0.2, 0) is 21.2 Å². The fourth-order valence-electron chi connectivity index (χ4n) is 3.60. The highest BCUT2D eigenvalue weighted by Crippen LogP contribution is 2.30. The predicted octanol–water partition coefficient (Wildman–Crippen LogP) is 4.65. The van der Waals surface area contributed by atoms with Gasteiger partial charge in [0.15, 0.2) is 5.82 Å². The number of rotatable bonds is 7. The molecule has 13 heteroatoms. The van der Waals surface area contributed by atoms with Crippen molar-refractivity contribution in [1.29, 1.82) is 0 Å². The number of carboxylic acid groups (broad SMARTS) is 2. The number of nitrogens with zero attached hydrogens (tertiary/aromatic N) is 2. The van der Waals surface area contributed by atoms with E-state index in [1.54, 1.807) is 12.1 Å². The second-order valence-electron chi connectivity index (χ2n) is 9.22. The van der Waals surface area contributed by atoms with Gasteiger partial charge in [-0.3, -0.25) is 4.72 Å². The number of sulfonamides is 1. The van der Waals surface area contributed by atoms with Gasteiger partial charge in [-0.25, -0.2) is 23.0 Å². The van der Waals surface area contributed by atoms with Crippen LogP contribution < -0.4 is 9.62 Å². The Balaban J connectivity index is 0.000000604. The third kappa shape index (κ3) is 8.92. The number of nitrogens with one attached hydrogen (secondary N) is 1. The van der Waals surface area contributed by atoms with E-state index in [1.165, 1.54) is 12.3 Å². The third-order valence-electron chi connectivity index (χ3n) is 5.56. The van der Waals surface area contributed by atoms with E-state index in [2.05, 4.69) is 30.5 Å². The maximum Gasteiger partial charge on any atom is 0.490 e. The molecule has 0 unspecified atom stereocenters. The molecule has 9 nitrogen and oxygen atoms in total. The van der Waals surface area contributed by atoms with Crippen LogP contribution in [0.5, 0.6) is 0 Å². The van der Waals surface area contributed by atoms with Gasteiger partial charge in [-0.2, -0.15) is 13.2 Å². The average molecular weight is 546 g/mol. The first-order chi connectivity index (χ1) is 17.1. The number of aliphatic carboxylic acids is 1. The normalized spacial score (nSPS) is 14.6. The van der Waals surface area contributed by atoms with Crippen molar-refractivity contribution in [3.8, 4) is 0 Å². The molecular formula is C24H30F3N3O6S. The van der Waals surface area contributed by atoms with E-state index in [1.807, 2.05) is 17.0 Å². The van der Waals surface area contributed by atoms with Crippen LogP contribution in [0.4, 0.5) is 24.7 Å². The quantitative estimate of drug-likeness (QED) is 0.457. The van der Waals surface area contributed by atoms with E-state index >= 15 is 0 Å². The molecule has 0 spiro atoms. The molecule has 0 radical (unpaired) electrons. The van der Waals surface area contributed by atoms with E-state index in [0.29, 0.717) is 17.7 Å². The number of carbonyl (C=O) groups is 2. The lowest BCUT2D eigenvalue weighted by atomic mass is 9.99. The Kier molecular flexibility index (Phi) is 9.90. The van der Waals surface area contributed by atoms with E-state index in [0.717, 1.165) is 37.9 Å². The molecule has 0 bridgehead atoms. The SMILES string of the molecule is CC(C)Cc1ccc(S(=O)(=O)Nc2cc(C(=O)O)cnc2N2CCC(C)CC2)cc1.O=C(O)C(F)(F)F. The second kappa shape index (κ2) is 12.3. The molecule has 1 aromatic heterocycles. The minimum atomic E-state index is -5.08. The smallest absolute Gasteiger partial charge is 0.478 e. The molecular weight excluding hydrogens is 515 g/mol. The van der Waals surface area contributed by atoms with Crippen LogP contribution in [0, 0.1) is 11.8 Å². The maximum absolute atomic E-state index is 13.0. The summed E-state index contributed by atoms with van der Waals surface area (Å²) >= 11 is 0. The Morgan fingerprint density at radius 2 is 1.68 bits per heavy atom. The van der Waals surface area contributed by atoms with Gasteiger partial charge in [0.25, 0.3) is 10.0 Å². The Hall–Kier alpha value is -3.35. The molecule has 1 saturated heterocycles. The molecule has 1 aliphatic heterocycles. The van der Waals surface area contributed by atoms with E-state index < -0.39 is 28.1 Å². The summed E-state index contributed by atoms with van der Waals surface area (Å²) in [5, 5.41) is 16.5. The number of anilines is 2. The first-order valence-corrected chi connectivity index (χ1v) is 13.0. The van der Waals surface area contributed by atoms with Crippen molar-refractivity contribution in [2.75, 3.05) is 22.7 Å². The number of hydrogen-bond acceptors (Lipinski definition) is 6. The fraction of sp³-hybridized carbons (Fsp3) is 0.458. The molecule has 3 N–H and O–H groups in total. The standard InChI is InChI=1S/C22H29N3O4S.C2HF3O2/c1-15(2)12-17-4-6-19(7-5-17)30(28,29)24-20-13-18(22(26)27)14-23-21(20)25-10-8-16(3)9-11-25;3-2(4,5)1(6)7/h4-7,13-16,24H,8-12H2,1-3H3,(H,26,27);(H,6,7). The summed E-state index contributed by atoms with van der Waals surface area (Å²) in [6.45, 7) is 7.90. The van der Waals surface area contributed by atoms with Gasteiger partial charge >= 0.3 is 18.1 Å². The molecule has 0 amide bonds. The number of aromatic carboxylic acids is 1. The Morgan fingerprint density at radius 3 is 2.14 bits per heavy atom. The van der Waals surface area contributed by atoms with Crippen molar-refractivity contribution in [3.05, 3.63) is 47.7 Å². The van der Waals surface area contributed by atoms with E-state index in [9.17, 15) is 31.5 Å². The first kappa shape index (κ1) is 29.9. The minimum absolute atomic E-state index is 0.0610. The van der Waals surface area contributed by atoms with Gasteiger partial charge in [0.1, 0.15) is 0 Å². The molecule has 1 fully saturated rings. The van der Waals surface area contributed by atoms with Crippen LogP contribution in [0.2, 0.25) is 0 Å². The number of halogens is 3. The van der Waals surface area contributed by atoms with Crippen molar-refractivity contribution in [2.45, 2.75) is 51.1 Å². The lowest BCUT2D eigenvalue weighted by Crippen LogP contribution is -2.34. The van der Waals surface area contributed by atoms with Crippen LogP contribution in [-0.4, -0.2) is 54.8 Å². The number of hydrogen-bond donors (Lipinski definition) is 3. The Labute approximate surface area is 213 Å². The molecule has 0 aliphatic carbocycles. The molecule has 1 aromatic carbocycles. The van der Waals surface area contributed by atoms with Crippen molar-refractivity contribution >= 4 is 33.5 Å². The van der Waals surface area contributed by atoms with Crippen LogP contribution in [0.15, 0.2) is 41.4 Å². The van der Waals surface area contributed by atoms with E-state index in [4.69, 9.17) is 9.90 Å². The molecule has 0 saturated carbocycles. The molecule has 3 rings (SSSR count). The van der Waals surface area contributed by atoms with Gasteiger partial charge in [-0.05, 0) is 54.9 Å². The summed E-state index contributed by atoms with van der Waals surface area (Å²) in [5.41, 5.74) is 1.20. The van der Waals surface area contributed by atoms with Crippen molar-refractivity contribution in [2.24, 2.45) is 11.8 Å². The number of aromatic nitrogens is 1. The molecule has 2 heterocycles. The van der Waals surface area contributed by atoms with Crippen molar-refractivity contribution in [3.63, 3.8) is 0 Å². The van der Waals surface area contributed by atoms with Crippen molar-refractivity contribution < 1.29 is 41.4 Å².